The Morgan fingerprint density at radius 1 is 0.950 bits per heavy atom. The fraction of sp³-hybridized carbons (Fsp3) is 0.400. The molecule has 0 saturated carbocycles. The standard InChI is InChI=1S/C30H35N5O4S/c1-30(2,3)23-8-6-21(7-9-23)28(36)34-17-14-26(15-18-34)40(38,39)25-12-10-24(11-13-25)35(27-5-4-16-32-33-27)29(37)22-19-31-20-22/h4-13,16,22,26,31H,14-15,17-20H2,1-3H3. The van der Waals surface area contributed by atoms with Crippen LogP contribution < -0.4 is 10.2 Å². The molecule has 2 aliphatic rings. The molecule has 0 bridgehead atoms. The molecule has 2 fully saturated rings. The van der Waals surface area contributed by atoms with Crippen molar-refractivity contribution >= 4 is 33.2 Å². The Morgan fingerprint density at radius 2 is 1.60 bits per heavy atom. The molecule has 2 amide bonds. The first-order valence-corrected chi connectivity index (χ1v) is 15.2. The molecule has 210 valence electrons. The summed E-state index contributed by atoms with van der Waals surface area (Å²) in [5, 5.41) is 10.5. The third-order valence-corrected chi connectivity index (χ3v) is 10.0. The van der Waals surface area contributed by atoms with Crippen molar-refractivity contribution in [2.75, 3.05) is 31.1 Å². The lowest BCUT2D eigenvalue weighted by atomic mass is 9.86. The predicted octanol–water partition coefficient (Wildman–Crippen LogP) is 3.74. The SMILES string of the molecule is CC(C)(C)c1ccc(C(=O)N2CCC(S(=O)(=O)c3ccc(N(C(=O)C4CNC4)c4cccnn4)cc3)CC2)cc1. The van der Waals surface area contributed by atoms with Gasteiger partial charge in [-0.3, -0.25) is 14.5 Å². The minimum atomic E-state index is -3.61. The molecule has 2 aliphatic heterocycles. The van der Waals surface area contributed by atoms with Gasteiger partial charge in [0.25, 0.3) is 5.91 Å². The second kappa shape index (κ2) is 11.1. The zero-order valence-electron chi connectivity index (χ0n) is 23.1. The van der Waals surface area contributed by atoms with Crippen LogP contribution in [0.4, 0.5) is 11.5 Å². The summed E-state index contributed by atoms with van der Waals surface area (Å²) in [7, 11) is -3.61. The molecule has 0 radical (unpaired) electrons. The molecule has 1 N–H and O–H groups in total. The van der Waals surface area contributed by atoms with Crippen molar-refractivity contribution in [2.24, 2.45) is 5.92 Å². The third-order valence-electron chi connectivity index (χ3n) is 7.73. The molecule has 5 rings (SSSR count). The van der Waals surface area contributed by atoms with Crippen LogP contribution in [-0.4, -0.2) is 66.8 Å². The van der Waals surface area contributed by atoms with Gasteiger partial charge in [0, 0.05) is 37.9 Å². The number of hydrogen-bond donors (Lipinski definition) is 1. The number of hydrogen-bond acceptors (Lipinski definition) is 7. The summed E-state index contributed by atoms with van der Waals surface area (Å²) in [5.41, 5.74) is 2.31. The van der Waals surface area contributed by atoms with E-state index in [4.69, 9.17) is 0 Å². The number of aromatic nitrogens is 2. The summed E-state index contributed by atoms with van der Waals surface area (Å²) in [5.74, 6) is 0.0332. The van der Waals surface area contributed by atoms with Gasteiger partial charge in [-0.25, -0.2) is 8.42 Å². The van der Waals surface area contributed by atoms with Crippen LogP contribution >= 0.6 is 0 Å². The maximum Gasteiger partial charge on any atom is 0.253 e. The molecule has 2 aromatic carbocycles. The van der Waals surface area contributed by atoms with E-state index in [0.717, 1.165) is 5.56 Å². The minimum Gasteiger partial charge on any atom is -0.339 e. The van der Waals surface area contributed by atoms with E-state index in [-0.39, 0.29) is 28.0 Å². The van der Waals surface area contributed by atoms with Crippen LogP contribution in [0.3, 0.4) is 0 Å². The first-order valence-electron chi connectivity index (χ1n) is 13.6. The monoisotopic (exact) mass is 561 g/mol. The van der Waals surface area contributed by atoms with Crippen molar-refractivity contribution in [3.63, 3.8) is 0 Å². The van der Waals surface area contributed by atoms with Gasteiger partial charge in [-0.2, -0.15) is 5.10 Å². The summed E-state index contributed by atoms with van der Waals surface area (Å²) in [6.07, 6.45) is 2.28. The molecule has 3 aromatic rings. The largest absolute Gasteiger partial charge is 0.339 e. The number of piperidine rings is 1. The molecule has 3 heterocycles. The molecule has 0 unspecified atom stereocenters. The van der Waals surface area contributed by atoms with E-state index in [0.29, 0.717) is 56.1 Å². The van der Waals surface area contributed by atoms with Gasteiger partial charge in [0.05, 0.1) is 21.8 Å². The number of nitrogens with one attached hydrogen (secondary N) is 1. The summed E-state index contributed by atoms with van der Waals surface area (Å²) >= 11 is 0. The Morgan fingerprint density at radius 3 is 2.12 bits per heavy atom. The topological polar surface area (TPSA) is 113 Å². The molecule has 0 aliphatic carbocycles. The summed E-state index contributed by atoms with van der Waals surface area (Å²) in [6.45, 7) is 8.32. The highest BCUT2D eigenvalue weighted by Gasteiger charge is 2.35. The van der Waals surface area contributed by atoms with Crippen molar-refractivity contribution in [1.82, 2.24) is 20.4 Å². The van der Waals surface area contributed by atoms with Gasteiger partial charge >= 0.3 is 0 Å². The number of amides is 2. The van der Waals surface area contributed by atoms with Crippen molar-refractivity contribution in [3.8, 4) is 0 Å². The molecule has 10 heteroatoms. The van der Waals surface area contributed by atoms with Gasteiger partial charge in [0.15, 0.2) is 15.7 Å². The summed E-state index contributed by atoms with van der Waals surface area (Å²) in [6, 6.07) is 17.5. The molecule has 9 nitrogen and oxygen atoms in total. The fourth-order valence-electron chi connectivity index (χ4n) is 5.07. The minimum absolute atomic E-state index is 0.00398. The lowest BCUT2D eigenvalue weighted by Crippen LogP contribution is -2.51. The van der Waals surface area contributed by atoms with E-state index in [1.807, 2.05) is 24.3 Å². The second-order valence-corrected chi connectivity index (χ2v) is 13.7. The van der Waals surface area contributed by atoms with Crippen LogP contribution in [0.5, 0.6) is 0 Å². The highest BCUT2D eigenvalue weighted by molar-refractivity contribution is 7.92. The number of carbonyl (C=O) groups excluding carboxylic acids is 2. The Balaban J connectivity index is 1.27. The van der Waals surface area contributed by atoms with Crippen LogP contribution in [0.25, 0.3) is 0 Å². The molecule has 1 aromatic heterocycles. The lowest BCUT2D eigenvalue weighted by molar-refractivity contribution is -0.123. The van der Waals surface area contributed by atoms with Gasteiger partial charge in [-0.05, 0) is 72.4 Å². The first kappa shape index (κ1) is 27.9. The second-order valence-electron chi connectivity index (χ2n) is 11.5. The molecular weight excluding hydrogens is 526 g/mol. The van der Waals surface area contributed by atoms with E-state index in [9.17, 15) is 18.0 Å². The third kappa shape index (κ3) is 5.64. The average molecular weight is 562 g/mol. The molecule has 40 heavy (non-hydrogen) atoms. The number of anilines is 2. The van der Waals surface area contributed by atoms with Crippen LogP contribution in [0, 0.1) is 5.92 Å². The number of carbonyl (C=O) groups is 2. The Bertz CT molecular complexity index is 1460. The molecule has 0 atom stereocenters. The quantitative estimate of drug-likeness (QED) is 0.488. The van der Waals surface area contributed by atoms with Crippen molar-refractivity contribution < 1.29 is 18.0 Å². The van der Waals surface area contributed by atoms with Crippen molar-refractivity contribution in [1.29, 1.82) is 0 Å². The van der Waals surface area contributed by atoms with E-state index in [1.54, 1.807) is 41.3 Å². The molecule has 0 spiro atoms. The zero-order chi connectivity index (χ0) is 28.5. The van der Waals surface area contributed by atoms with Crippen LogP contribution in [-0.2, 0) is 20.0 Å². The fourth-order valence-corrected chi connectivity index (χ4v) is 6.80. The Kier molecular flexibility index (Phi) is 7.74. The van der Waals surface area contributed by atoms with Gasteiger partial charge in [-0.15, -0.1) is 5.10 Å². The van der Waals surface area contributed by atoms with E-state index >= 15 is 0 Å². The van der Waals surface area contributed by atoms with E-state index in [2.05, 4.69) is 36.3 Å². The number of sulfone groups is 1. The maximum atomic E-state index is 13.5. The smallest absolute Gasteiger partial charge is 0.253 e. The van der Waals surface area contributed by atoms with Crippen LogP contribution in [0.2, 0.25) is 0 Å². The van der Waals surface area contributed by atoms with Gasteiger partial charge in [-0.1, -0.05) is 32.9 Å². The maximum absolute atomic E-state index is 13.5. The zero-order valence-corrected chi connectivity index (χ0v) is 23.9. The highest BCUT2D eigenvalue weighted by Crippen LogP contribution is 2.31. The highest BCUT2D eigenvalue weighted by atomic mass is 32.2. The van der Waals surface area contributed by atoms with Crippen molar-refractivity contribution in [2.45, 2.75) is 49.2 Å². The summed E-state index contributed by atoms with van der Waals surface area (Å²) in [4.78, 5) is 29.7. The summed E-state index contributed by atoms with van der Waals surface area (Å²) < 4.78 is 27.0. The van der Waals surface area contributed by atoms with Crippen LogP contribution in [0.1, 0.15) is 49.5 Å². The normalized spacial score (nSPS) is 16.8. The predicted molar refractivity (Wildman–Crippen MR) is 153 cm³/mol. The first-order chi connectivity index (χ1) is 19.1. The van der Waals surface area contributed by atoms with Crippen LogP contribution in [0.15, 0.2) is 71.8 Å². The molecular formula is C30H35N5O4S. The number of nitrogens with zero attached hydrogens (tertiary/aromatic N) is 4. The van der Waals surface area contributed by atoms with Gasteiger partial charge in [0.1, 0.15) is 0 Å². The Hall–Kier alpha value is -3.63. The Labute approximate surface area is 235 Å². The number of likely N-dealkylation sites (tertiary alicyclic amines) is 1. The average Bonchev–Trinajstić information content (AvgIpc) is 2.92. The molecule has 2 saturated heterocycles. The lowest BCUT2D eigenvalue weighted by Gasteiger charge is -2.32. The van der Waals surface area contributed by atoms with Gasteiger partial charge in [0.2, 0.25) is 5.91 Å². The number of benzene rings is 2. The number of rotatable bonds is 6. The van der Waals surface area contributed by atoms with E-state index in [1.165, 1.54) is 11.1 Å². The van der Waals surface area contributed by atoms with E-state index < -0.39 is 15.1 Å². The van der Waals surface area contributed by atoms with Gasteiger partial charge < -0.3 is 10.2 Å². The van der Waals surface area contributed by atoms with Crippen molar-refractivity contribution in [3.05, 3.63) is 78.0 Å².